The van der Waals surface area contributed by atoms with Crippen LogP contribution in [-0.2, 0) is 0 Å². The average molecular weight is 544 g/mol. The molecule has 1 saturated carbocycles. The molecular formula is C24H19F7N4O3. The maximum absolute atomic E-state index is 15.0. The fraction of sp³-hybridized carbons (Fsp3) is 0.375. The van der Waals surface area contributed by atoms with Crippen molar-refractivity contribution >= 4 is 22.8 Å². The van der Waals surface area contributed by atoms with Gasteiger partial charge in [0.2, 0.25) is 11.2 Å². The van der Waals surface area contributed by atoms with Crippen LogP contribution in [0.2, 0.25) is 0 Å². The maximum Gasteiger partial charge on any atom is 0.290 e. The summed E-state index contributed by atoms with van der Waals surface area (Å²) in [6.45, 7) is 1.33. The van der Waals surface area contributed by atoms with Gasteiger partial charge in [-0.15, -0.1) is 0 Å². The molecule has 1 unspecified atom stereocenters. The van der Waals surface area contributed by atoms with E-state index in [0.29, 0.717) is 29.0 Å². The van der Waals surface area contributed by atoms with Gasteiger partial charge in [-0.2, -0.15) is 0 Å². The Morgan fingerprint density at radius 3 is 2.26 bits per heavy atom. The van der Waals surface area contributed by atoms with Crippen molar-refractivity contribution in [1.82, 2.24) is 14.9 Å². The summed E-state index contributed by atoms with van der Waals surface area (Å²) in [5.41, 5.74) is -5.08. The van der Waals surface area contributed by atoms with E-state index in [1.54, 1.807) is 0 Å². The van der Waals surface area contributed by atoms with Crippen molar-refractivity contribution in [3.63, 3.8) is 0 Å². The highest BCUT2D eigenvalue weighted by atomic mass is 19.3. The van der Waals surface area contributed by atoms with Crippen molar-refractivity contribution in [1.29, 1.82) is 0 Å². The largest absolute Gasteiger partial charge is 0.386 e. The minimum atomic E-state index is -3.65. The number of halogens is 7. The van der Waals surface area contributed by atoms with Crippen LogP contribution in [0.4, 0.5) is 36.6 Å². The van der Waals surface area contributed by atoms with Gasteiger partial charge in [0.1, 0.15) is 17.1 Å². The molecule has 1 atom stereocenters. The summed E-state index contributed by atoms with van der Waals surface area (Å²) >= 11 is 0. The third-order valence-corrected chi connectivity index (χ3v) is 6.54. The molecule has 2 aliphatic rings. The molecule has 2 N–H and O–H groups in total. The Hall–Kier alpha value is -3.68. The summed E-state index contributed by atoms with van der Waals surface area (Å²) in [4.78, 5) is 31.3. The number of hydrogen-bond acceptors (Lipinski definition) is 5. The zero-order valence-corrected chi connectivity index (χ0v) is 19.5. The summed E-state index contributed by atoms with van der Waals surface area (Å²) in [5, 5.41) is 10.8. The number of anilines is 1. The van der Waals surface area contributed by atoms with Gasteiger partial charge in [0, 0.05) is 37.3 Å². The van der Waals surface area contributed by atoms with E-state index in [2.05, 4.69) is 4.98 Å². The normalized spacial score (nSPS) is 18.4. The SMILES string of the molecule is CC1(O)CN(c2nc3c(cc2F)c(=O)c(C(=O)NC(F)(C(F)F)C2CC2)cn3-c2c(F)cc(F)cc2F)C1. The molecule has 14 heteroatoms. The number of nitrogens with one attached hydrogen (secondary N) is 1. The third kappa shape index (κ3) is 4.25. The molecule has 2 fully saturated rings. The van der Waals surface area contributed by atoms with Gasteiger partial charge in [0.05, 0.1) is 11.0 Å². The maximum atomic E-state index is 15.0. The standard InChI is InChI=1S/C24H19F7N4O3/c1-23(38)8-34(9-23)20-16(28)6-12-18(36)13(21(37)33-24(31,22(29)30)10-2-3-10)7-35(19(12)32-20)17-14(26)4-11(25)5-15(17)27/h4-7,10,22,38H,2-3,8-9H2,1H3,(H,33,37). The van der Waals surface area contributed by atoms with Gasteiger partial charge in [-0.25, -0.2) is 35.7 Å². The summed E-state index contributed by atoms with van der Waals surface area (Å²) in [6.07, 6.45) is -3.00. The molecule has 5 rings (SSSR count). The van der Waals surface area contributed by atoms with Crippen LogP contribution >= 0.6 is 0 Å². The van der Waals surface area contributed by atoms with Gasteiger partial charge < -0.3 is 15.3 Å². The minimum absolute atomic E-state index is 0.0520. The highest BCUT2D eigenvalue weighted by molar-refractivity contribution is 5.97. The van der Waals surface area contributed by atoms with E-state index in [0.717, 1.165) is 0 Å². The Labute approximate surface area is 209 Å². The van der Waals surface area contributed by atoms with Crippen molar-refractivity contribution in [2.45, 2.75) is 37.6 Å². The second-order valence-corrected chi connectivity index (χ2v) is 9.78. The first-order valence-electron chi connectivity index (χ1n) is 11.4. The molecule has 0 radical (unpaired) electrons. The molecular weight excluding hydrogens is 525 g/mol. The van der Waals surface area contributed by atoms with Crippen molar-refractivity contribution in [2.75, 3.05) is 18.0 Å². The molecule has 1 saturated heterocycles. The number of carbonyl (C=O) groups is 1. The van der Waals surface area contributed by atoms with Crippen LogP contribution < -0.4 is 15.6 Å². The Bertz CT molecular complexity index is 1500. The molecule has 2 aromatic heterocycles. The number of aliphatic hydroxyl groups is 1. The number of aromatic nitrogens is 2. The lowest BCUT2D eigenvalue weighted by molar-refractivity contribution is -0.0671. The molecule has 3 heterocycles. The van der Waals surface area contributed by atoms with Gasteiger partial charge in [-0.05, 0) is 25.8 Å². The van der Waals surface area contributed by atoms with Crippen LogP contribution in [0.15, 0.2) is 29.2 Å². The number of carbonyl (C=O) groups excluding carboxylic acids is 1. The Morgan fingerprint density at radius 1 is 1.13 bits per heavy atom. The van der Waals surface area contributed by atoms with E-state index in [9.17, 15) is 41.0 Å². The number of fused-ring (bicyclic) bond motifs is 1. The predicted molar refractivity (Wildman–Crippen MR) is 120 cm³/mol. The number of nitrogens with zero attached hydrogens (tertiary/aromatic N) is 3. The molecule has 202 valence electrons. The molecule has 0 spiro atoms. The topological polar surface area (TPSA) is 87.5 Å². The highest BCUT2D eigenvalue weighted by Crippen LogP contribution is 2.44. The first-order valence-corrected chi connectivity index (χ1v) is 11.4. The zero-order chi connectivity index (χ0) is 27.7. The van der Waals surface area contributed by atoms with Crippen molar-refractivity contribution < 1.29 is 40.6 Å². The van der Waals surface area contributed by atoms with E-state index in [4.69, 9.17) is 0 Å². The minimum Gasteiger partial charge on any atom is -0.386 e. The average Bonchev–Trinajstić information content (AvgIpc) is 3.64. The van der Waals surface area contributed by atoms with E-state index in [-0.39, 0.29) is 25.9 Å². The Morgan fingerprint density at radius 2 is 1.74 bits per heavy atom. The zero-order valence-electron chi connectivity index (χ0n) is 19.5. The van der Waals surface area contributed by atoms with Crippen LogP contribution in [0.25, 0.3) is 16.7 Å². The van der Waals surface area contributed by atoms with Crippen LogP contribution in [0, 0.1) is 29.2 Å². The molecule has 1 aliphatic heterocycles. The number of alkyl halides is 3. The van der Waals surface area contributed by atoms with Crippen LogP contribution in [0.5, 0.6) is 0 Å². The monoisotopic (exact) mass is 544 g/mol. The Kier molecular flexibility index (Phi) is 5.93. The fourth-order valence-electron chi connectivity index (χ4n) is 4.54. The summed E-state index contributed by atoms with van der Waals surface area (Å²) in [6, 6.07) is 1.22. The fourth-order valence-corrected chi connectivity index (χ4v) is 4.54. The van der Waals surface area contributed by atoms with Gasteiger partial charge in [0.25, 0.3) is 12.3 Å². The van der Waals surface area contributed by atoms with Crippen molar-refractivity contribution in [2.24, 2.45) is 5.92 Å². The molecule has 1 aromatic carbocycles. The predicted octanol–water partition coefficient (Wildman–Crippen LogP) is 3.58. The number of rotatable bonds is 6. The summed E-state index contributed by atoms with van der Waals surface area (Å²) < 4.78 is 101. The molecule has 0 bridgehead atoms. The highest BCUT2D eigenvalue weighted by Gasteiger charge is 2.54. The molecule has 38 heavy (non-hydrogen) atoms. The van der Waals surface area contributed by atoms with Gasteiger partial charge in [-0.3, -0.25) is 14.2 Å². The van der Waals surface area contributed by atoms with Crippen molar-refractivity contribution in [3.8, 4) is 5.69 Å². The lowest BCUT2D eigenvalue weighted by Gasteiger charge is -2.45. The molecule has 1 amide bonds. The molecule has 7 nitrogen and oxygen atoms in total. The number of hydrogen-bond donors (Lipinski definition) is 2. The first kappa shape index (κ1) is 25.9. The van der Waals surface area contributed by atoms with Crippen LogP contribution in [-0.4, -0.2) is 51.5 Å². The van der Waals surface area contributed by atoms with Crippen molar-refractivity contribution in [3.05, 3.63) is 63.5 Å². The summed E-state index contributed by atoms with van der Waals surface area (Å²) in [7, 11) is 0. The number of pyridine rings is 2. The molecule has 3 aromatic rings. The van der Waals surface area contributed by atoms with E-state index in [1.165, 1.54) is 17.1 Å². The molecule has 1 aliphatic carbocycles. The number of amides is 1. The van der Waals surface area contributed by atoms with Gasteiger partial charge in [-0.1, -0.05) is 0 Å². The third-order valence-electron chi connectivity index (χ3n) is 6.54. The lowest BCUT2D eigenvalue weighted by Crippen LogP contribution is -2.60. The second kappa shape index (κ2) is 8.68. The van der Waals surface area contributed by atoms with Gasteiger partial charge in [0.15, 0.2) is 28.9 Å². The summed E-state index contributed by atoms with van der Waals surface area (Å²) in [5.74, 6) is -12.1. The van der Waals surface area contributed by atoms with E-state index in [1.807, 2.05) is 0 Å². The van der Waals surface area contributed by atoms with Gasteiger partial charge >= 0.3 is 0 Å². The lowest BCUT2D eigenvalue weighted by atomic mass is 9.97. The Balaban J connectivity index is 1.73. The van der Waals surface area contributed by atoms with Crippen LogP contribution in [0.3, 0.4) is 0 Å². The van der Waals surface area contributed by atoms with E-state index < -0.39 is 86.4 Å². The van der Waals surface area contributed by atoms with E-state index >= 15 is 4.39 Å². The first-order chi connectivity index (χ1) is 17.7. The van der Waals surface area contributed by atoms with Crippen LogP contribution in [0.1, 0.15) is 30.1 Å². The number of β-amino-alcohol motifs (C(OH)–C–C–N with tert-alkyl or cyclic N) is 1. The second-order valence-electron chi connectivity index (χ2n) is 9.78. The smallest absolute Gasteiger partial charge is 0.290 e. The number of benzene rings is 1. The quantitative estimate of drug-likeness (QED) is 0.366.